The van der Waals surface area contributed by atoms with Crippen molar-refractivity contribution in [3.8, 4) is 0 Å². The van der Waals surface area contributed by atoms with E-state index < -0.39 is 0 Å². The minimum Gasteiger partial charge on any atom is -0.127 e. The fourth-order valence-corrected chi connectivity index (χ4v) is 1.90. The second kappa shape index (κ2) is 4.77. The Balaban J connectivity index is 2.69. The molecule has 0 N–H and O–H groups in total. The largest absolute Gasteiger partial charge is 0.127 e. The van der Waals surface area contributed by atoms with Crippen LogP contribution in [0.4, 0.5) is 0 Å². The van der Waals surface area contributed by atoms with Gasteiger partial charge in [0.05, 0.1) is 0 Å². The van der Waals surface area contributed by atoms with Crippen LogP contribution in [0.2, 0.25) is 0 Å². The molecular weight excluding hydrogens is 175 g/mol. The summed E-state index contributed by atoms with van der Waals surface area (Å²) in [6, 6.07) is 10.7. The molecule has 1 rings (SSSR count). The fourth-order valence-electron chi connectivity index (χ4n) is 1.51. The zero-order chi connectivity index (χ0) is 9.73. The Labute approximate surface area is 84.0 Å². The standard InChI is InChI=1S/C12H19P/c1-3-4-10-12(2,13)11-8-6-5-7-9-11/h5-9H,3-4,10,13H2,1-2H3. The van der Waals surface area contributed by atoms with E-state index in [2.05, 4.69) is 53.4 Å². The van der Waals surface area contributed by atoms with Crippen LogP contribution in [-0.2, 0) is 5.16 Å². The first-order chi connectivity index (χ1) is 6.17. The third kappa shape index (κ3) is 3.12. The SMILES string of the molecule is CCCCC(C)(P)c1ccccc1. The third-order valence-corrected chi connectivity index (χ3v) is 3.10. The van der Waals surface area contributed by atoms with Crippen LogP contribution in [-0.4, -0.2) is 0 Å². The maximum absolute atomic E-state index is 2.98. The molecule has 0 fully saturated rings. The van der Waals surface area contributed by atoms with E-state index in [0.29, 0.717) is 0 Å². The third-order valence-electron chi connectivity index (χ3n) is 2.48. The molecule has 1 heteroatoms. The molecule has 0 radical (unpaired) electrons. The van der Waals surface area contributed by atoms with Crippen molar-refractivity contribution in [3.63, 3.8) is 0 Å². The maximum Gasteiger partial charge on any atom is 0.00694 e. The molecule has 0 spiro atoms. The molecule has 2 unspecified atom stereocenters. The molecule has 72 valence electrons. The smallest absolute Gasteiger partial charge is 0.00694 e. The van der Waals surface area contributed by atoms with Crippen LogP contribution in [0.15, 0.2) is 30.3 Å². The van der Waals surface area contributed by atoms with Crippen LogP contribution in [0.1, 0.15) is 38.7 Å². The summed E-state index contributed by atoms with van der Waals surface area (Å²) in [7, 11) is 2.98. The van der Waals surface area contributed by atoms with Crippen molar-refractivity contribution in [1.29, 1.82) is 0 Å². The predicted molar refractivity (Wildman–Crippen MR) is 63.0 cm³/mol. The fraction of sp³-hybridized carbons (Fsp3) is 0.500. The van der Waals surface area contributed by atoms with Gasteiger partial charge in [0.1, 0.15) is 0 Å². The number of rotatable bonds is 4. The summed E-state index contributed by atoms with van der Waals surface area (Å²) in [6.45, 7) is 4.54. The molecule has 0 aliphatic heterocycles. The van der Waals surface area contributed by atoms with Crippen molar-refractivity contribution in [1.82, 2.24) is 0 Å². The number of hydrogen-bond acceptors (Lipinski definition) is 0. The van der Waals surface area contributed by atoms with Gasteiger partial charge in [0.25, 0.3) is 0 Å². The average Bonchev–Trinajstić information content (AvgIpc) is 2.16. The Morgan fingerprint density at radius 3 is 2.38 bits per heavy atom. The minimum atomic E-state index is 0.261. The van der Waals surface area contributed by atoms with E-state index >= 15 is 0 Å². The van der Waals surface area contributed by atoms with E-state index in [-0.39, 0.29) is 5.16 Å². The first-order valence-corrected chi connectivity index (χ1v) is 5.59. The summed E-state index contributed by atoms with van der Waals surface area (Å²) in [4.78, 5) is 0. The molecule has 13 heavy (non-hydrogen) atoms. The summed E-state index contributed by atoms with van der Waals surface area (Å²) in [6.07, 6.45) is 3.82. The number of unbranched alkanes of at least 4 members (excludes halogenated alkanes) is 1. The Morgan fingerprint density at radius 1 is 1.23 bits per heavy atom. The summed E-state index contributed by atoms with van der Waals surface area (Å²) in [5.41, 5.74) is 1.42. The number of hydrogen-bond donors (Lipinski definition) is 0. The van der Waals surface area contributed by atoms with E-state index in [0.717, 1.165) is 0 Å². The van der Waals surface area contributed by atoms with E-state index in [1.54, 1.807) is 0 Å². The summed E-state index contributed by atoms with van der Waals surface area (Å²) in [5.74, 6) is 0. The summed E-state index contributed by atoms with van der Waals surface area (Å²) >= 11 is 0. The second-order valence-electron chi connectivity index (χ2n) is 3.89. The Hall–Kier alpha value is -0.350. The van der Waals surface area contributed by atoms with Crippen molar-refractivity contribution in [2.24, 2.45) is 0 Å². The molecule has 0 nitrogen and oxygen atoms in total. The molecule has 2 atom stereocenters. The van der Waals surface area contributed by atoms with Gasteiger partial charge in [-0.1, -0.05) is 57.0 Å². The van der Waals surface area contributed by atoms with Gasteiger partial charge < -0.3 is 0 Å². The van der Waals surface area contributed by atoms with Crippen LogP contribution < -0.4 is 0 Å². The Kier molecular flexibility index (Phi) is 3.93. The highest BCUT2D eigenvalue weighted by molar-refractivity contribution is 7.18. The lowest BCUT2D eigenvalue weighted by Crippen LogP contribution is -2.12. The molecule has 0 bridgehead atoms. The topological polar surface area (TPSA) is 0 Å². The van der Waals surface area contributed by atoms with Gasteiger partial charge in [-0.25, -0.2) is 0 Å². The average molecular weight is 194 g/mol. The second-order valence-corrected chi connectivity index (χ2v) is 5.16. The van der Waals surface area contributed by atoms with Crippen molar-refractivity contribution < 1.29 is 0 Å². The molecule has 0 amide bonds. The van der Waals surface area contributed by atoms with Gasteiger partial charge in [-0.15, -0.1) is 9.24 Å². The van der Waals surface area contributed by atoms with Gasteiger partial charge >= 0.3 is 0 Å². The zero-order valence-corrected chi connectivity index (χ0v) is 9.74. The van der Waals surface area contributed by atoms with E-state index in [9.17, 15) is 0 Å². The lowest BCUT2D eigenvalue weighted by molar-refractivity contribution is 0.577. The van der Waals surface area contributed by atoms with E-state index in [1.807, 2.05) is 0 Å². The summed E-state index contributed by atoms with van der Waals surface area (Å²) in [5, 5.41) is 0.261. The molecule has 0 aromatic heterocycles. The van der Waals surface area contributed by atoms with Crippen LogP contribution in [0, 0.1) is 0 Å². The van der Waals surface area contributed by atoms with Gasteiger partial charge in [0.15, 0.2) is 0 Å². The van der Waals surface area contributed by atoms with Crippen LogP contribution in [0.3, 0.4) is 0 Å². The lowest BCUT2D eigenvalue weighted by atomic mass is 9.94. The minimum absolute atomic E-state index is 0.261. The van der Waals surface area contributed by atoms with Crippen molar-refractivity contribution in [3.05, 3.63) is 35.9 Å². The van der Waals surface area contributed by atoms with Gasteiger partial charge in [0.2, 0.25) is 0 Å². The van der Waals surface area contributed by atoms with Gasteiger partial charge in [0, 0.05) is 5.16 Å². The first kappa shape index (κ1) is 10.7. The lowest BCUT2D eigenvalue weighted by Gasteiger charge is -2.24. The van der Waals surface area contributed by atoms with Crippen LogP contribution in [0.25, 0.3) is 0 Å². The summed E-state index contributed by atoms with van der Waals surface area (Å²) < 4.78 is 0. The highest BCUT2D eigenvalue weighted by Crippen LogP contribution is 2.35. The van der Waals surface area contributed by atoms with E-state index in [1.165, 1.54) is 24.8 Å². The quantitative estimate of drug-likeness (QED) is 0.636. The van der Waals surface area contributed by atoms with E-state index in [4.69, 9.17) is 0 Å². The molecule has 0 heterocycles. The molecule has 1 aromatic carbocycles. The van der Waals surface area contributed by atoms with Gasteiger partial charge in [-0.05, 0) is 12.0 Å². The molecule has 0 aliphatic rings. The maximum atomic E-state index is 2.98. The van der Waals surface area contributed by atoms with Crippen molar-refractivity contribution in [2.45, 2.75) is 38.3 Å². The predicted octanol–water partition coefficient (Wildman–Crippen LogP) is 3.97. The molecular formula is C12H19P. The normalized spacial score (nSPS) is 15.3. The van der Waals surface area contributed by atoms with Crippen molar-refractivity contribution in [2.75, 3.05) is 0 Å². The van der Waals surface area contributed by atoms with Crippen LogP contribution >= 0.6 is 9.24 Å². The zero-order valence-electron chi connectivity index (χ0n) is 8.59. The molecule has 0 saturated heterocycles. The van der Waals surface area contributed by atoms with Gasteiger partial charge in [-0.3, -0.25) is 0 Å². The number of benzene rings is 1. The molecule has 0 aliphatic carbocycles. The van der Waals surface area contributed by atoms with Gasteiger partial charge in [-0.2, -0.15) is 0 Å². The molecule has 0 saturated carbocycles. The Morgan fingerprint density at radius 2 is 1.85 bits per heavy atom. The molecule has 1 aromatic rings. The first-order valence-electron chi connectivity index (χ1n) is 5.01. The Bertz CT molecular complexity index is 239. The van der Waals surface area contributed by atoms with Crippen molar-refractivity contribution >= 4 is 9.24 Å². The highest BCUT2D eigenvalue weighted by Gasteiger charge is 2.18. The highest BCUT2D eigenvalue weighted by atomic mass is 31.0. The monoisotopic (exact) mass is 194 g/mol. The van der Waals surface area contributed by atoms with Crippen LogP contribution in [0.5, 0.6) is 0 Å².